The minimum Gasteiger partial charge on any atom is -0.396 e. The maximum absolute atomic E-state index is 9.31. The molecule has 2 aliphatic rings. The monoisotopic (exact) mass is 360 g/mol. The van der Waals surface area contributed by atoms with Gasteiger partial charge in [0, 0.05) is 38.4 Å². The van der Waals surface area contributed by atoms with Crippen molar-refractivity contribution in [2.75, 3.05) is 26.3 Å². The van der Waals surface area contributed by atoms with Crippen LogP contribution in [0.4, 0.5) is 0 Å². The van der Waals surface area contributed by atoms with Crippen molar-refractivity contribution in [3.63, 3.8) is 0 Å². The highest BCUT2D eigenvalue weighted by Gasteiger charge is 2.23. The number of hydrogen-bond acceptors (Lipinski definition) is 4. The standard InChI is InChI=1S/C22H36N2O2/c25-15-11-21-5-1-3-13-23(21)17-19-7-9-20(10-8-19)18-24-14-4-2-6-22(24)12-16-26/h7-10,21-22,25-26H,1-6,11-18H2. The maximum Gasteiger partial charge on any atom is 0.0445 e. The molecule has 2 saturated heterocycles. The quantitative estimate of drug-likeness (QED) is 0.748. The molecule has 2 unspecified atom stereocenters. The van der Waals surface area contributed by atoms with Gasteiger partial charge >= 0.3 is 0 Å². The molecule has 2 heterocycles. The Bertz CT molecular complexity index is 468. The minimum absolute atomic E-state index is 0.297. The molecular formula is C22H36N2O2. The van der Waals surface area contributed by atoms with Crippen molar-refractivity contribution in [3.8, 4) is 0 Å². The lowest BCUT2D eigenvalue weighted by atomic mass is 9.98. The van der Waals surface area contributed by atoms with E-state index in [1.807, 2.05) is 0 Å². The molecule has 3 rings (SSSR count). The van der Waals surface area contributed by atoms with Crippen LogP contribution in [0.15, 0.2) is 24.3 Å². The van der Waals surface area contributed by atoms with Gasteiger partial charge in [-0.05, 0) is 62.7 Å². The zero-order valence-corrected chi connectivity index (χ0v) is 16.2. The predicted molar refractivity (Wildman–Crippen MR) is 106 cm³/mol. The van der Waals surface area contributed by atoms with E-state index in [4.69, 9.17) is 0 Å². The summed E-state index contributed by atoms with van der Waals surface area (Å²) in [5.74, 6) is 0. The molecule has 4 nitrogen and oxygen atoms in total. The van der Waals surface area contributed by atoms with Crippen molar-refractivity contribution in [2.24, 2.45) is 0 Å². The van der Waals surface area contributed by atoms with Crippen LogP contribution >= 0.6 is 0 Å². The fraction of sp³-hybridized carbons (Fsp3) is 0.727. The van der Waals surface area contributed by atoms with E-state index in [-0.39, 0.29) is 0 Å². The number of aliphatic hydroxyl groups is 2. The molecule has 2 N–H and O–H groups in total. The second-order valence-corrected chi connectivity index (χ2v) is 8.08. The Balaban J connectivity index is 1.55. The fourth-order valence-electron chi connectivity index (χ4n) is 4.71. The largest absolute Gasteiger partial charge is 0.396 e. The molecule has 0 spiro atoms. The van der Waals surface area contributed by atoms with Crippen molar-refractivity contribution >= 4 is 0 Å². The molecule has 0 saturated carbocycles. The van der Waals surface area contributed by atoms with E-state index in [2.05, 4.69) is 34.1 Å². The lowest BCUT2D eigenvalue weighted by Gasteiger charge is -2.36. The van der Waals surface area contributed by atoms with E-state index in [0.717, 1.165) is 39.0 Å². The molecule has 2 atom stereocenters. The molecule has 0 aromatic heterocycles. The highest BCUT2D eigenvalue weighted by Crippen LogP contribution is 2.24. The third kappa shape index (κ3) is 5.53. The molecule has 1 aromatic carbocycles. The van der Waals surface area contributed by atoms with Crippen LogP contribution in [-0.2, 0) is 13.1 Å². The highest BCUT2D eigenvalue weighted by molar-refractivity contribution is 5.22. The number of rotatable bonds is 8. The van der Waals surface area contributed by atoms with E-state index in [1.54, 1.807) is 0 Å². The van der Waals surface area contributed by atoms with Gasteiger partial charge in [0.15, 0.2) is 0 Å². The summed E-state index contributed by atoms with van der Waals surface area (Å²) in [5.41, 5.74) is 2.76. The second kappa shape index (κ2) is 10.4. The van der Waals surface area contributed by atoms with Crippen LogP contribution in [-0.4, -0.2) is 58.4 Å². The number of likely N-dealkylation sites (tertiary alicyclic amines) is 2. The molecule has 0 aliphatic carbocycles. The van der Waals surface area contributed by atoms with Crippen molar-refractivity contribution in [1.29, 1.82) is 0 Å². The summed E-state index contributed by atoms with van der Waals surface area (Å²) >= 11 is 0. The lowest BCUT2D eigenvalue weighted by Crippen LogP contribution is -2.39. The van der Waals surface area contributed by atoms with Crippen LogP contribution < -0.4 is 0 Å². The summed E-state index contributed by atoms with van der Waals surface area (Å²) in [7, 11) is 0. The zero-order chi connectivity index (χ0) is 18.2. The summed E-state index contributed by atoms with van der Waals surface area (Å²) in [4.78, 5) is 5.10. The molecular weight excluding hydrogens is 324 g/mol. The van der Waals surface area contributed by atoms with Crippen molar-refractivity contribution < 1.29 is 10.2 Å². The van der Waals surface area contributed by atoms with Crippen LogP contribution in [0.3, 0.4) is 0 Å². The summed E-state index contributed by atoms with van der Waals surface area (Å²) in [6, 6.07) is 10.2. The Kier molecular flexibility index (Phi) is 7.93. The van der Waals surface area contributed by atoms with Crippen LogP contribution in [0.5, 0.6) is 0 Å². The molecule has 146 valence electrons. The number of piperidine rings is 2. The van der Waals surface area contributed by atoms with Crippen LogP contribution in [0.25, 0.3) is 0 Å². The number of hydrogen-bond donors (Lipinski definition) is 2. The van der Waals surface area contributed by atoms with Gasteiger partial charge in [-0.25, -0.2) is 0 Å². The molecule has 1 aromatic rings. The Morgan fingerprint density at radius 2 is 1.12 bits per heavy atom. The first-order valence-electron chi connectivity index (χ1n) is 10.6. The van der Waals surface area contributed by atoms with Gasteiger partial charge in [-0.3, -0.25) is 9.80 Å². The molecule has 4 heteroatoms. The predicted octanol–water partition coefficient (Wildman–Crippen LogP) is 3.16. The topological polar surface area (TPSA) is 46.9 Å². The van der Waals surface area contributed by atoms with Crippen LogP contribution in [0.2, 0.25) is 0 Å². The molecule has 0 bridgehead atoms. The molecule has 2 fully saturated rings. The smallest absolute Gasteiger partial charge is 0.0445 e. The maximum atomic E-state index is 9.31. The number of nitrogens with zero attached hydrogens (tertiary/aromatic N) is 2. The SMILES string of the molecule is OCCC1CCCCN1Cc1ccc(CN2CCCCC2CCO)cc1. The Labute approximate surface area is 158 Å². The van der Waals surface area contributed by atoms with Crippen molar-refractivity contribution in [3.05, 3.63) is 35.4 Å². The van der Waals surface area contributed by atoms with Crippen LogP contribution in [0.1, 0.15) is 62.5 Å². The fourth-order valence-corrected chi connectivity index (χ4v) is 4.71. The molecule has 0 radical (unpaired) electrons. The average Bonchev–Trinajstić information content (AvgIpc) is 2.67. The summed E-state index contributed by atoms with van der Waals surface area (Å²) in [5, 5.41) is 18.6. The van der Waals surface area contributed by atoms with Crippen molar-refractivity contribution in [2.45, 2.75) is 76.5 Å². The van der Waals surface area contributed by atoms with E-state index in [0.29, 0.717) is 25.3 Å². The van der Waals surface area contributed by atoms with Gasteiger partial charge in [0.25, 0.3) is 0 Å². The van der Waals surface area contributed by atoms with E-state index in [9.17, 15) is 10.2 Å². The first-order chi connectivity index (χ1) is 12.8. The molecule has 2 aliphatic heterocycles. The third-order valence-electron chi connectivity index (χ3n) is 6.22. The summed E-state index contributed by atoms with van der Waals surface area (Å²) < 4.78 is 0. The van der Waals surface area contributed by atoms with Gasteiger partial charge in [0.2, 0.25) is 0 Å². The second-order valence-electron chi connectivity index (χ2n) is 8.08. The molecule has 26 heavy (non-hydrogen) atoms. The first kappa shape index (κ1) is 19.8. The van der Waals surface area contributed by atoms with Crippen LogP contribution in [0, 0.1) is 0 Å². The number of aliphatic hydroxyl groups excluding tert-OH is 2. The normalized spacial score (nSPS) is 25.5. The van der Waals surface area contributed by atoms with Gasteiger partial charge in [-0.15, -0.1) is 0 Å². The van der Waals surface area contributed by atoms with Crippen molar-refractivity contribution in [1.82, 2.24) is 9.80 Å². The third-order valence-corrected chi connectivity index (χ3v) is 6.22. The minimum atomic E-state index is 0.297. The Morgan fingerprint density at radius 3 is 1.50 bits per heavy atom. The number of benzene rings is 1. The summed E-state index contributed by atoms with van der Waals surface area (Å²) in [6.07, 6.45) is 9.40. The van der Waals surface area contributed by atoms with Gasteiger partial charge in [-0.1, -0.05) is 37.1 Å². The van der Waals surface area contributed by atoms with E-state index < -0.39 is 0 Å². The van der Waals surface area contributed by atoms with Gasteiger partial charge in [0.1, 0.15) is 0 Å². The Hall–Kier alpha value is -0.940. The first-order valence-corrected chi connectivity index (χ1v) is 10.6. The highest BCUT2D eigenvalue weighted by atomic mass is 16.3. The van der Waals surface area contributed by atoms with Gasteiger partial charge in [0.05, 0.1) is 0 Å². The Morgan fingerprint density at radius 1 is 0.692 bits per heavy atom. The van der Waals surface area contributed by atoms with Gasteiger partial charge in [-0.2, -0.15) is 0 Å². The summed E-state index contributed by atoms with van der Waals surface area (Å²) in [6.45, 7) is 4.91. The zero-order valence-electron chi connectivity index (χ0n) is 16.2. The average molecular weight is 361 g/mol. The lowest BCUT2D eigenvalue weighted by molar-refractivity contribution is 0.111. The van der Waals surface area contributed by atoms with Gasteiger partial charge < -0.3 is 10.2 Å². The molecule has 0 amide bonds. The van der Waals surface area contributed by atoms with E-state index in [1.165, 1.54) is 49.7 Å². The van der Waals surface area contributed by atoms with E-state index >= 15 is 0 Å².